The predicted octanol–water partition coefficient (Wildman–Crippen LogP) is 2.61. The molecule has 21 heavy (non-hydrogen) atoms. The maximum Gasteiger partial charge on any atom is 0.261 e. The number of aromatic nitrogens is 1. The van der Waals surface area contributed by atoms with E-state index in [4.69, 9.17) is 4.74 Å². The summed E-state index contributed by atoms with van der Waals surface area (Å²) in [7, 11) is 1.60. The van der Waals surface area contributed by atoms with Gasteiger partial charge in [0.1, 0.15) is 0 Å². The molecule has 0 saturated heterocycles. The van der Waals surface area contributed by atoms with Crippen molar-refractivity contribution in [3.8, 4) is 5.88 Å². The Labute approximate surface area is 128 Å². The highest BCUT2D eigenvalue weighted by atomic mass is 32.1. The van der Waals surface area contributed by atoms with Crippen molar-refractivity contribution in [1.29, 1.82) is 0 Å². The van der Waals surface area contributed by atoms with Gasteiger partial charge in [0.25, 0.3) is 5.91 Å². The second-order valence-corrected chi connectivity index (χ2v) is 6.26. The molecule has 0 fully saturated rings. The van der Waals surface area contributed by atoms with E-state index in [0.717, 1.165) is 29.7 Å². The lowest BCUT2D eigenvalue weighted by Gasteiger charge is -2.04. The summed E-state index contributed by atoms with van der Waals surface area (Å²) in [5.74, 6) is 0.645. The Morgan fingerprint density at radius 3 is 3.05 bits per heavy atom. The molecule has 0 atom stereocenters. The highest BCUT2D eigenvalue weighted by Gasteiger charge is 2.18. The highest BCUT2D eigenvalue weighted by molar-refractivity contribution is 7.14. The van der Waals surface area contributed by atoms with Crippen molar-refractivity contribution in [3.63, 3.8) is 0 Å². The third kappa shape index (κ3) is 3.24. The van der Waals surface area contributed by atoms with Crippen LogP contribution in [0, 0.1) is 0 Å². The van der Waals surface area contributed by atoms with Crippen molar-refractivity contribution in [1.82, 2.24) is 10.3 Å². The lowest BCUT2D eigenvalue weighted by molar-refractivity contribution is 0.0958. The van der Waals surface area contributed by atoms with Gasteiger partial charge in [-0.1, -0.05) is 6.07 Å². The SMILES string of the molecule is COc1ccc(CCNC(=O)c2cc3c(s2)CCC3)cn1. The zero-order valence-electron chi connectivity index (χ0n) is 12.0. The van der Waals surface area contributed by atoms with Crippen molar-refractivity contribution in [2.75, 3.05) is 13.7 Å². The lowest BCUT2D eigenvalue weighted by Crippen LogP contribution is -2.24. The van der Waals surface area contributed by atoms with Crippen LogP contribution in [0.25, 0.3) is 0 Å². The summed E-state index contributed by atoms with van der Waals surface area (Å²) in [5, 5.41) is 2.98. The summed E-state index contributed by atoms with van der Waals surface area (Å²) in [5.41, 5.74) is 2.45. The average Bonchev–Trinajstić information content (AvgIpc) is 3.09. The first-order valence-electron chi connectivity index (χ1n) is 7.15. The summed E-state index contributed by atoms with van der Waals surface area (Å²) < 4.78 is 5.02. The summed E-state index contributed by atoms with van der Waals surface area (Å²) in [6.07, 6.45) is 6.04. The number of nitrogens with one attached hydrogen (secondary N) is 1. The maximum absolute atomic E-state index is 12.1. The van der Waals surface area contributed by atoms with Crippen LogP contribution in [-0.2, 0) is 19.3 Å². The number of carbonyl (C=O) groups is 1. The van der Waals surface area contributed by atoms with E-state index in [1.54, 1.807) is 24.6 Å². The molecule has 1 N–H and O–H groups in total. The van der Waals surface area contributed by atoms with E-state index in [-0.39, 0.29) is 5.91 Å². The Morgan fingerprint density at radius 1 is 1.43 bits per heavy atom. The van der Waals surface area contributed by atoms with Gasteiger partial charge in [0, 0.05) is 23.7 Å². The van der Waals surface area contributed by atoms with Gasteiger partial charge in [-0.15, -0.1) is 11.3 Å². The molecule has 2 aromatic heterocycles. The van der Waals surface area contributed by atoms with Gasteiger partial charge in [0.15, 0.2) is 0 Å². The molecule has 0 radical (unpaired) electrons. The molecule has 0 unspecified atom stereocenters. The normalized spacial score (nSPS) is 13.0. The lowest BCUT2D eigenvalue weighted by atomic mass is 10.2. The number of nitrogens with zero attached hydrogens (tertiary/aromatic N) is 1. The Morgan fingerprint density at radius 2 is 2.33 bits per heavy atom. The van der Waals surface area contributed by atoms with Crippen LogP contribution in [-0.4, -0.2) is 24.5 Å². The molecule has 1 aliphatic rings. The predicted molar refractivity (Wildman–Crippen MR) is 83.2 cm³/mol. The second-order valence-electron chi connectivity index (χ2n) is 5.13. The molecule has 110 valence electrons. The van der Waals surface area contributed by atoms with Gasteiger partial charge in [-0.25, -0.2) is 4.98 Å². The van der Waals surface area contributed by atoms with Crippen molar-refractivity contribution < 1.29 is 9.53 Å². The number of fused-ring (bicyclic) bond motifs is 1. The number of amides is 1. The van der Waals surface area contributed by atoms with E-state index < -0.39 is 0 Å². The van der Waals surface area contributed by atoms with Crippen LogP contribution in [0.3, 0.4) is 0 Å². The molecule has 0 saturated carbocycles. The number of hydrogen-bond acceptors (Lipinski definition) is 4. The van der Waals surface area contributed by atoms with Gasteiger partial charge in [-0.2, -0.15) is 0 Å². The van der Waals surface area contributed by atoms with Crippen LogP contribution in [0.2, 0.25) is 0 Å². The number of aryl methyl sites for hydroxylation is 2. The number of hydrogen-bond donors (Lipinski definition) is 1. The quantitative estimate of drug-likeness (QED) is 0.923. The van der Waals surface area contributed by atoms with E-state index in [2.05, 4.69) is 16.4 Å². The van der Waals surface area contributed by atoms with Crippen LogP contribution < -0.4 is 10.1 Å². The fourth-order valence-corrected chi connectivity index (χ4v) is 3.70. The molecule has 0 aromatic carbocycles. The molecule has 0 bridgehead atoms. The first-order valence-corrected chi connectivity index (χ1v) is 7.96. The Balaban J connectivity index is 1.51. The Bertz CT molecular complexity index is 613. The number of thiophene rings is 1. The van der Waals surface area contributed by atoms with Crippen molar-refractivity contribution >= 4 is 17.2 Å². The van der Waals surface area contributed by atoms with Gasteiger partial charge in [0.05, 0.1) is 12.0 Å². The average molecular weight is 302 g/mol. The van der Waals surface area contributed by atoms with Crippen LogP contribution in [0.15, 0.2) is 24.4 Å². The Kier molecular flexibility index (Phi) is 4.20. The number of rotatable bonds is 5. The minimum atomic E-state index is 0.0378. The van der Waals surface area contributed by atoms with Crippen molar-refractivity contribution in [2.45, 2.75) is 25.7 Å². The standard InChI is InChI=1S/C16H18N2O2S/c1-20-15-6-5-11(10-18-15)7-8-17-16(19)14-9-12-3-2-4-13(12)21-14/h5-6,9-10H,2-4,7-8H2,1H3,(H,17,19). The third-order valence-corrected chi connectivity index (χ3v) is 4.91. The van der Waals surface area contributed by atoms with E-state index >= 15 is 0 Å². The second kappa shape index (κ2) is 6.26. The topological polar surface area (TPSA) is 51.2 Å². The summed E-state index contributed by atoms with van der Waals surface area (Å²) in [4.78, 5) is 18.5. The fourth-order valence-electron chi connectivity index (χ4n) is 2.53. The van der Waals surface area contributed by atoms with Gasteiger partial charge >= 0.3 is 0 Å². The first-order chi connectivity index (χ1) is 10.3. The van der Waals surface area contributed by atoms with Gasteiger partial charge in [-0.3, -0.25) is 4.79 Å². The smallest absolute Gasteiger partial charge is 0.261 e. The molecule has 1 aliphatic carbocycles. The van der Waals surface area contributed by atoms with Crippen LogP contribution >= 0.6 is 11.3 Å². The van der Waals surface area contributed by atoms with Gasteiger partial charge in [-0.05, 0) is 42.9 Å². The van der Waals surface area contributed by atoms with Crippen molar-refractivity contribution in [3.05, 3.63) is 45.3 Å². The molecular formula is C16H18N2O2S. The van der Waals surface area contributed by atoms with E-state index in [1.165, 1.54) is 16.9 Å². The fraction of sp³-hybridized carbons (Fsp3) is 0.375. The van der Waals surface area contributed by atoms with Crippen molar-refractivity contribution in [2.24, 2.45) is 0 Å². The molecule has 0 aliphatic heterocycles. The zero-order valence-corrected chi connectivity index (χ0v) is 12.8. The number of methoxy groups -OCH3 is 1. The largest absolute Gasteiger partial charge is 0.481 e. The van der Waals surface area contributed by atoms with Crippen LogP contribution in [0.4, 0.5) is 0 Å². The van der Waals surface area contributed by atoms with Crippen LogP contribution in [0.5, 0.6) is 5.88 Å². The number of pyridine rings is 1. The van der Waals surface area contributed by atoms with Gasteiger partial charge in [0.2, 0.25) is 5.88 Å². The zero-order chi connectivity index (χ0) is 14.7. The molecule has 4 nitrogen and oxygen atoms in total. The monoisotopic (exact) mass is 302 g/mol. The molecular weight excluding hydrogens is 284 g/mol. The van der Waals surface area contributed by atoms with Gasteiger partial charge < -0.3 is 10.1 Å². The highest BCUT2D eigenvalue weighted by Crippen LogP contribution is 2.30. The maximum atomic E-state index is 12.1. The molecule has 1 amide bonds. The first kappa shape index (κ1) is 14.1. The third-order valence-electron chi connectivity index (χ3n) is 3.68. The number of carbonyl (C=O) groups excluding carboxylic acids is 1. The summed E-state index contributed by atoms with van der Waals surface area (Å²) >= 11 is 1.64. The molecule has 3 rings (SSSR count). The minimum Gasteiger partial charge on any atom is -0.481 e. The summed E-state index contributed by atoms with van der Waals surface area (Å²) in [6, 6.07) is 5.86. The molecule has 5 heteroatoms. The molecule has 2 aromatic rings. The van der Waals surface area contributed by atoms with E-state index in [9.17, 15) is 4.79 Å². The van der Waals surface area contributed by atoms with Crippen LogP contribution in [0.1, 0.15) is 32.1 Å². The molecule has 2 heterocycles. The molecule has 0 spiro atoms. The minimum absolute atomic E-state index is 0.0378. The van der Waals surface area contributed by atoms with E-state index in [0.29, 0.717) is 12.4 Å². The van der Waals surface area contributed by atoms with E-state index in [1.807, 2.05) is 12.1 Å². The summed E-state index contributed by atoms with van der Waals surface area (Å²) in [6.45, 7) is 0.620. The Hall–Kier alpha value is -1.88. The number of ether oxygens (including phenoxy) is 1.